The zero-order chi connectivity index (χ0) is 24.1. The van der Waals surface area contributed by atoms with Crippen molar-refractivity contribution in [2.24, 2.45) is 0 Å². The standard InChI is InChI=1S/C25H23N5O3S.N/c1-15(18-8-5-4-6-9-18)22-16(2)27-25(34-22)29-21(31)12-13-26-24(32)20-11-7-10-19(14-20)23-28-17(3)33-30-23;/h4-11,14H,1,12-13H2,2-3H3,(H,26,32)(H,27,29,31);. The van der Waals surface area contributed by atoms with E-state index in [1.54, 1.807) is 31.2 Å². The number of nitrogens with zero attached hydrogens (tertiary/aromatic N) is 4. The van der Waals surface area contributed by atoms with Crippen LogP contribution in [0.1, 0.15) is 38.8 Å². The molecule has 177 valence electrons. The zero-order valence-corrected chi connectivity index (χ0v) is 20.1. The lowest BCUT2D eigenvalue weighted by Gasteiger charge is -2.06. The van der Waals surface area contributed by atoms with Gasteiger partial charge in [0, 0.05) is 37.2 Å². The highest BCUT2D eigenvalue weighted by Gasteiger charge is 2.15. The number of carbonyl (C=O) groups is 2. The van der Waals surface area contributed by atoms with Crippen molar-refractivity contribution in [1.29, 1.82) is 0 Å². The Kier molecular flexibility index (Phi) is 8.24. The molecule has 9 nitrogen and oxygen atoms in total. The van der Waals surface area contributed by atoms with E-state index in [9.17, 15) is 9.59 Å². The van der Waals surface area contributed by atoms with Crippen LogP contribution in [0.2, 0.25) is 0 Å². The molecule has 10 heteroatoms. The van der Waals surface area contributed by atoms with Crippen molar-refractivity contribution in [3.05, 3.63) is 88.8 Å². The van der Waals surface area contributed by atoms with Crippen molar-refractivity contribution in [3.63, 3.8) is 0 Å². The predicted molar refractivity (Wildman–Crippen MR) is 134 cm³/mol. The number of aromatic nitrogens is 3. The van der Waals surface area contributed by atoms with Crippen LogP contribution in [0.4, 0.5) is 5.13 Å². The molecule has 2 heterocycles. The summed E-state index contributed by atoms with van der Waals surface area (Å²) in [5, 5.41) is 9.94. The maximum Gasteiger partial charge on any atom is 0.251 e. The molecule has 0 saturated heterocycles. The zero-order valence-electron chi connectivity index (χ0n) is 19.2. The summed E-state index contributed by atoms with van der Waals surface area (Å²) in [5.74, 6) is 0.339. The molecule has 0 aliphatic rings. The number of amides is 2. The molecule has 2 aromatic heterocycles. The van der Waals surface area contributed by atoms with E-state index in [1.165, 1.54) is 11.3 Å². The third-order valence-electron chi connectivity index (χ3n) is 4.99. The van der Waals surface area contributed by atoms with Crippen LogP contribution in [0.3, 0.4) is 0 Å². The minimum atomic E-state index is -0.290. The average Bonchev–Trinajstić information content (AvgIpc) is 3.44. The Morgan fingerprint density at radius 2 is 1.77 bits per heavy atom. The second kappa shape index (κ2) is 11.3. The summed E-state index contributed by atoms with van der Waals surface area (Å²) in [4.78, 5) is 34.4. The van der Waals surface area contributed by atoms with E-state index in [-0.39, 0.29) is 30.9 Å². The van der Waals surface area contributed by atoms with Crippen LogP contribution in [-0.2, 0) is 4.79 Å². The second-order valence-electron chi connectivity index (χ2n) is 7.55. The molecular weight excluding hydrogens is 464 g/mol. The van der Waals surface area contributed by atoms with Crippen LogP contribution >= 0.6 is 11.3 Å². The smallest absolute Gasteiger partial charge is 0.251 e. The first-order valence-corrected chi connectivity index (χ1v) is 11.4. The van der Waals surface area contributed by atoms with Crippen molar-refractivity contribution in [3.8, 4) is 11.4 Å². The van der Waals surface area contributed by atoms with Gasteiger partial charge in [0.05, 0.1) is 10.6 Å². The highest BCUT2D eigenvalue weighted by Crippen LogP contribution is 2.32. The predicted octanol–water partition coefficient (Wildman–Crippen LogP) is 4.15. The second-order valence-corrected chi connectivity index (χ2v) is 8.55. The number of nitrogens with one attached hydrogen (secondary N) is 2. The van der Waals surface area contributed by atoms with Gasteiger partial charge in [0.1, 0.15) is 0 Å². The molecule has 0 aliphatic heterocycles. The lowest BCUT2D eigenvalue weighted by atomic mass is 10.1. The number of thiazole rings is 1. The summed E-state index contributed by atoms with van der Waals surface area (Å²) in [6.45, 7) is 7.94. The summed E-state index contributed by atoms with van der Waals surface area (Å²) >= 11 is 1.38. The Hall–Kier alpha value is -4.15. The number of anilines is 1. The van der Waals surface area contributed by atoms with Crippen molar-refractivity contribution >= 4 is 33.9 Å². The highest BCUT2D eigenvalue weighted by atomic mass is 32.1. The quantitative estimate of drug-likeness (QED) is 0.382. The molecule has 0 saturated carbocycles. The summed E-state index contributed by atoms with van der Waals surface area (Å²) in [6.07, 6.45) is 0.114. The summed E-state index contributed by atoms with van der Waals surface area (Å²) < 4.78 is 4.99. The fraction of sp³-hybridized carbons (Fsp3) is 0.160. The Labute approximate surface area is 206 Å². The third kappa shape index (κ3) is 6.25. The first-order chi connectivity index (χ1) is 16.4. The van der Waals surface area contributed by atoms with Crippen LogP contribution in [-0.4, -0.2) is 33.5 Å². The van der Waals surface area contributed by atoms with Gasteiger partial charge in [-0.1, -0.05) is 65.5 Å². The van der Waals surface area contributed by atoms with Crippen molar-refractivity contribution in [2.75, 3.05) is 11.9 Å². The van der Waals surface area contributed by atoms with Gasteiger partial charge in [-0.15, -0.1) is 0 Å². The normalized spacial score (nSPS) is 10.3. The van der Waals surface area contributed by atoms with Crippen LogP contribution in [0, 0.1) is 13.8 Å². The number of carbonyl (C=O) groups excluding carboxylic acids is 2. The van der Waals surface area contributed by atoms with Crippen molar-refractivity contribution in [1.82, 2.24) is 26.6 Å². The number of hydrogen-bond acceptors (Lipinski definition) is 7. The summed E-state index contributed by atoms with van der Waals surface area (Å²) in [7, 11) is 0. The topological polar surface area (TPSA) is 141 Å². The van der Waals surface area contributed by atoms with E-state index in [1.807, 2.05) is 37.3 Å². The van der Waals surface area contributed by atoms with Gasteiger partial charge in [-0.3, -0.25) is 9.59 Å². The Morgan fingerprint density at radius 1 is 1.03 bits per heavy atom. The highest BCUT2D eigenvalue weighted by molar-refractivity contribution is 7.17. The average molecular weight is 488 g/mol. The molecule has 2 aromatic carbocycles. The van der Waals surface area contributed by atoms with Gasteiger partial charge in [0.2, 0.25) is 17.6 Å². The van der Waals surface area contributed by atoms with Crippen LogP contribution in [0.15, 0.2) is 65.7 Å². The molecule has 0 atom stereocenters. The minimum Gasteiger partial charge on any atom is -0.352 e. The van der Waals surface area contributed by atoms with Crippen LogP contribution < -0.4 is 16.8 Å². The summed E-state index contributed by atoms with van der Waals surface area (Å²) in [6, 6.07) is 16.7. The Bertz CT molecular complexity index is 1350. The van der Waals surface area contributed by atoms with E-state index < -0.39 is 0 Å². The third-order valence-corrected chi connectivity index (χ3v) is 6.12. The maximum absolute atomic E-state index is 12.5. The molecule has 0 spiro atoms. The molecule has 0 unspecified atom stereocenters. The van der Waals surface area contributed by atoms with Gasteiger partial charge in [-0.25, -0.2) is 4.98 Å². The first-order valence-electron chi connectivity index (χ1n) is 10.6. The Balaban J connectivity index is 0.00000342. The maximum atomic E-state index is 12.5. The van der Waals surface area contributed by atoms with Gasteiger partial charge in [-0.2, -0.15) is 4.98 Å². The number of hydrogen-bond donors (Lipinski definition) is 2. The molecule has 0 aliphatic carbocycles. The van der Waals surface area contributed by atoms with Gasteiger partial charge in [0.15, 0.2) is 5.13 Å². The van der Waals surface area contributed by atoms with Crippen molar-refractivity contribution in [2.45, 2.75) is 20.3 Å². The monoisotopic (exact) mass is 487 g/mol. The summed E-state index contributed by atoms with van der Waals surface area (Å²) in [5.41, 5.74) is 3.79. The molecule has 0 fully saturated rings. The van der Waals surface area contributed by atoms with Crippen molar-refractivity contribution < 1.29 is 14.1 Å². The molecule has 4 rings (SSSR count). The molecular formula is C25H23N6O3S. The number of benzene rings is 2. The van der Waals surface area contributed by atoms with Gasteiger partial charge >= 0.3 is 0 Å². The molecule has 2 N–H and O–H groups in total. The lowest BCUT2D eigenvalue weighted by Crippen LogP contribution is -2.27. The van der Waals surface area contributed by atoms with Crippen LogP contribution in [0.5, 0.6) is 0 Å². The van der Waals surface area contributed by atoms with E-state index >= 15 is 0 Å². The van der Waals surface area contributed by atoms with Gasteiger partial charge in [0.25, 0.3) is 5.91 Å². The van der Waals surface area contributed by atoms with E-state index in [2.05, 4.69) is 32.3 Å². The molecule has 4 aromatic rings. The Morgan fingerprint density at radius 3 is 2.49 bits per heavy atom. The fourth-order valence-electron chi connectivity index (χ4n) is 3.29. The molecule has 35 heavy (non-hydrogen) atoms. The molecule has 0 bridgehead atoms. The SMILES string of the molecule is C=C(c1ccccc1)c1sc(NC(=O)CCNC(=O)c2cccc(-c3noc(C)n3)c2)nc1C.[N]. The van der Waals surface area contributed by atoms with Gasteiger partial charge < -0.3 is 15.2 Å². The van der Waals surface area contributed by atoms with E-state index in [4.69, 9.17) is 4.52 Å². The van der Waals surface area contributed by atoms with Gasteiger partial charge in [-0.05, 0) is 30.2 Å². The number of aryl methyl sites for hydroxylation is 2. The minimum absolute atomic E-state index is 0. The molecule has 2 amide bonds. The largest absolute Gasteiger partial charge is 0.352 e. The lowest BCUT2D eigenvalue weighted by molar-refractivity contribution is -0.116. The van der Waals surface area contributed by atoms with E-state index in [0.29, 0.717) is 28.0 Å². The first kappa shape index (κ1) is 25.5. The molecule has 3 radical (unpaired) electrons. The van der Waals surface area contributed by atoms with E-state index in [0.717, 1.165) is 21.7 Å². The van der Waals surface area contributed by atoms with Crippen LogP contribution in [0.25, 0.3) is 17.0 Å². The fourth-order valence-corrected chi connectivity index (χ4v) is 4.26. The number of rotatable bonds is 8.